The summed E-state index contributed by atoms with van der Waals surface area (Å²) in [6, 6.07) is 16.9. The van der Waals surface area contributed by atoms with E-state index in [0.717, 1.165) is 68.0 Å². The van der Waals surface area contributed by atoms with Crippen LogP contribution in [0.4, 0.5) is 0 Å². The van der Waals surface area contributed by atoms with Crippen molar-refractivity contribution in [1.29, 1.82) is 0 Å². The number of rotatable bonds is 13. The van der Waals surface area contributed by atoms with Gasteiger partial charge in [-0.05, 0) is 81.7 Å². The first-order valence-corrected chi connectivity index (χ1v) is 15.4. The van der Waals surface area contributed by atoms with Crippen LogP contribution in [0.3, 0.4) is 0 Å². The zero-order valence-corrected chi connectivity index (χ0v) is 24.7. The summed E-state index contributed by atoms with van der Waals surface area (Å²) in [4.78, 5) is 13.1. The molecule has 2 fully saturated rings. The summed E-state index contributed by atoms with van der Waals surface area (Å²) in [6.07, 6.45) is 5.75. The number of benzene rings is 3. The summed E-state index contributed by atoms with van der Waals surface area (Å²) >= 11 is 6.08. The number of ether oxygens (including phenoxy) is 3. The second kappa shape index (κ2) is 13.7. The molecule has 2 saturated heterocycles. The van der Waals surface area contributed by atoms with E-state index in [4.69, 9.17) is 30.8 Å². The second-order valence-electron chi connectivity index (χ2n) is 11.1. The van der Waals surface area contributed by atoms with Crippen molar-refractivity contribution in [3.05, 3.63) is 65.2 Å². The number of aromatic nitrogens is 2. The van der Waals surface area contributed by atoms with E-state index in [1.54, 1.807) is 6.07 Å². The number of aromatic amines is 1. The van der Waals surface area contributed by atoms with Crippen molar-refractivity contribution in [3.63, 3.8) is 0 Å². The number of imidazole rings is 1. The quantitative estimate of drug-likeness (QED) is 0.193. The fourth-order valence-corrected chi connectivity index (χ4v) is 5.96. The van der Waals surface area contributed by atoms with Gasteiger partial charge in [0, 0.05) is 42.7 Å². The summed E-state index contributed by atoms with van der Waals surface area (Å²) < 4.78 is 18.4. The first-order valence-electron chi connectivity index (χ1n) is 15.1. The van der Waals surface area contributed by atoms with Crippen molar-refractivity contribution >= 4 is 22.6 Å². The van der Waals surface area contributed by atoms with Crippen LogP contribution < -0.4 is 14.2 Å². The lowest BCUT2D eigenvalue weighted by molar-refractivity contribution is 0.231. The maximum Gasteiger partial charge on any atom is 0.150 e. The van der Waals surface area contributed by atoms with Crippen molar-refractivity contribution < 1.29 is 19.3 Å². The predicted octanol–water partition coefficient (Wildman–Crippen LogP) is 6.16. The normalized spacial score (nSPS) is 15.9. The summed E-state index contributed by atoms with van der Waals surface area (Å²) in [7, 11) is 0. The van der Waals surface area contributed by atoms with E-state index in [-0.39, 0.29) is 5.75 Å². The molecule has 3 heterocycles. The average molecular weight is 591 g/mol. The van der Waals surface area contributed by atoms with E-state index < -0.39 is 0 Å². The molecule has 2 aliphatic rings. The molecule has 9 heteroatoms. The Morgan fingerprint density at radius 2 is 1.50 bits per heavy atom. The Balaban J connectivity index is 1.16. The molecule has 4 aromatic rings. The molecule has 0 spiro atoms. The molecule has 3 aromatic carbocycles. The van der Waals surface area contributed by atoms with Gasteiger partial charge in [-0.15, -0.1) is 0 Å². The highest BCUT2D eigenvalue weighted by atomic mass is 35.5. The van der Waals surface area contributed by atoms with Gasteiger partial charge in [0.1, 0.15) is 41.8 Å². The molecule has 0 aliphatic carbocycles. The molecule has 6 rings (SSSR count). The molecule has 0 saturated carbocycles. The highest BCUT2D eigenvalue weighted by Crippen LogP contribution is 2.36. The molecule has 0 amide bonds. The lowest BCUT2D eigenvalue weighted by atomic mass is 10.1. The fourth-order valence-electron chi connectivity index (χ4n) is 5.75. The first kappa shape index (κ1) is 28.6. The van der Waals surface area contributed by atoms with Crippen LogP contribution in [0.15, 0.2) is 54.6 Å². The Morgan fingerprint density at radius 3 is 2.21 bits per heavy atom. The number of fused-ring (bicyclic) bond motifs is 1. The minimum Gasteiger partial charge on any atom is -0.507 e. The Labute approximate surface area is 252 Å². The van der Waals surface area contributed by atoms with Crippen molar-refractivity contribution in [2.75, 3.05) is 59.1 Å². The smallest absolute Gasteiger partial charge is 0.150 e. The van der Waals surface area contributed by atoms with Crippen LogP contribution in [-0.2, 0) is 6.42 Å². The van der Waals surface area contributed by atoms with E-state index in [2.05, 4.69) is 14.8 Å². The zero-order chi connectivity index (χ0) is 28.7. The SMILES string of the molecule is Oc1cc(OCCc2cccc(Cl)c2)ccc1-c1nc2c(OCCN3CCCC3)cc(OCCN3CCCC3)cc2[nH]1. The molecule has 222 valence electrons. The number of likely N-dealkylation sites (tertiary alicyclic amines) is 2. The molecule has 0 atom stereocenters. The molecule has 8 nitrogen and oxygen atoms in total. The van der Waals surface area contributed by atoms with E-state index in [1.807, 2.05) is 48.5 Å². The molecular weight excluding hydrogens is 552 g/mol. The average Bonchev–Trinajstić information content (AvgIpc) is 3.76. The number of phenols is 1. The molecule has 2 N–H and O–H groups in total. The summed E-state index contributed by atoms with van der Waals surface area (Å²) in [5.74, 6) is 2.68. The van der Waals surface area contributed by atoms with Crippen molar-refractivity contribution in [3.8, 4) is 34.4 Å². The number of hydrogen-bond acceptors (Lipinski definition) is 7. The number of nitrogens with zero attached hydrogens (tertiary/aromatic N) is 3. The van der Waals surface area contributed by atoms with E-state index >= 15 is 0 Å². The van der Waals surface area contributed by atoms with Gasteiger partial charge in [0.05, 0.1) is 17.7 Å². The molecule has 2 aliphatic heterocycles. The second-order valence-corrected chi connectivity index (χ2v) is 11.5. The molecule has 0 unspecified atom stereocenters. The third-order valence-electron chi connectivity index (χ3n) is 8.04. The number of nitrogens with one attached hydrogen (secondary N) is 1. The van der Waals surface area contributed by atoms with Gasteiger partial charge in [0.25, 0.3) is 0 Å². The van der Waals surface area contributed by atoms with Gasteiger partial charge in [-0.1, -0.05) is 23.7 Å². The largest absolute Gasteiger partial charge is 0.507 e. The van der Waals surface area contributed by atoms with Gasteiger partial charge in [-0.2, -0.15) is 0 Å². The summed E-state index contributed by atoms with van der Waals surface area (Å²) in [6.45, 7) is 8.04. The third kappa shape index (κ3) is 7.30. The van der Waals surface area contributed by atoms with Crippen LogP contribution in [-0.4, -0.2) is 84.0 Å². The predicted molar refractivity (Wildman–Crippen MR) is 166 cm³/mol. The third-order valence-corrected chi connectivity index (χ3v) is 8.27. The molecule has 0 bridgehead atoms. The number of aromatic hydroxyl groups is 1. The Hall–Kier alpha value is -3.46. The lowest BCUT2D eigenvalue weighted by Gasteiger charge is -2.17. The minimum absolute atomic E-state index is 0.0906. The van der Waals surface area contributed by atoms with Crippen molar-refractivity contribution in [2.24, 2.45) is 0 Å². The number of halogens is 1. The van der Waals surface area contributed by atoms with Gasteiger partial charge in [0.2, 0.25) is 0 Å². The van der Waals surface area contributed by atoms with Crippen LogP contribution in [0.25, 0.3) is 22.4 Å². The fraction of sp³-hybridized carbons (Fsp3) is 0.424. The highest BCUT2D eigenvalue weighted by molar-refractivity contribution is 6.30. The Morgan fingerprint density at radius 1 is 0.786 bits per heavy atom. The van der Waals surface area contributed by atoms with Crippen molar-refractivity contribution in [1.82, 2.24) is 19.8 Å². The first-order chi connectivity index (χ1) is 20.6. The zero-order valence-electron chi connectivity index (χ0n) is 24.0. The number of H-pyrrole nitrogens is 1. The molecular formula is C33H39ClN4O4. The van der Waals surface area contributed by atoms with Gasteiger partial charge >= 0.3 is 0 Å². The van der Waals surface area contributed by atoms with Gasteiger partial charge in [-0.3, -0.25) is 9.80 Å². The molecule has 1 aromatic heterocycles. The monoisotopic (exact) mass is 590 g/mol. The van der Waals surface area contributed by atoms with Crippen LogP contribution in [0.1, 0.15) is 31.2 Å². The Kier molecular flexibility index (Phi) is 9.33. The minimum atomic E-state index is 0.0906. The maximum absolute atomic E-state index is 10.9. The van der Waals surface area contributed by atoms with Crippen LogP contribution in [0.5, 0.6) is 23.0 Å². The Bertz CT molecular complexity index is 1480. The lowest BCUT2D eigenvalue weighted by Crippen LogP contribution is -2.25. The van der Waals surface area contributed by atoms with Crippen LogP contribution in [0.2, 0.25) is 5.02 Å². The summed E-state index contributed by atoms with van der Waals surface area (Å²) in [5.41, 5.74) is 3.22. The van der Waals surface area contributed by atoms with Crippen molar-refractivity contribution in [2.45, 2.75) is 32.1 Å². The summed E-state index contributed by atoms with van der Waals surface area (Å²) in [5, 5.41) is 11.6. The molecule has 0 radical (unpaired) electrons. The van der Waals surface area contributed by atoms with Gasteiger partial charge in [0.15, 0.2) is 5.75 Å². The van der Waals surface area contributed by atoms with Crippen LogP contribution >= 0.6 is 11.6 Å². The van der Waals surface area contributed by atoms with E-state index in [1.165, 1.54) is 25.7 Å². The highest BCUT2D eigenvalue weighted by Gasteiger charge is 2.18. The standard InChI is InChI=1S/C33H39ClN4O4/c34-25-7-5-6-24(20-25)10-17-40-26-8-9-28(30(39)22-26)33-35-29-21-27(41-18-15-37-11-1-2-12-37)23-31(32(29)36-33)42-19-16-38-13-3-4-14-38/h5-9,20-23,39H,1-4,10-19H2,(H,35,36). The maximum atomic E-state index is 10.9. The molecule has 42 heavy (non-hydrogen) atoms. The number of hydrogen-bond donors (Lipinski definition) is 2. The van der Waals surface area contributed by atoms with E-state index in [0.29, 0.717) is 47.7 Å². The van der Waals surface area contributed by atoms with E-state index in [9.17, 15) is 5.11 Å². The van der Waals surface area contributed by atoms with Gasteiger partial charge < -0.3 is 24.3 Å². The van der Waals surface area contributed by atoms with Gasteiger partial charge in [-0.25, -0.2) is 4.98 Å². The topological polar surface area (TPSA) is 83.1 Å². The number of phenolic OH excluding ortho intramolecular Hbond substituents is 1. The van der Waals surface area contributed by atoms with Crippen LogP contribution in [0, 0.1) is 0 Å².